The Balaban J connectivity index is 1.81. The molecule has 0 bridgehead atoms. The van der Waals surface area contributed by atoms with Gasteiger partial charge in [-0.2, -0.15) is 0 Å². The van der Waals surface area contributed by atoms with Gasteiger partial charge in [0.15, 0.2) is 0 Å². The van der Waals surface area contributed by atoms with Crippen LogP contribution in [0.25, 0.3) is 0 Å². The smallest absolute Gasteiger partial charge is 0.275 e. The number of anilines is 1. The first kappa shape index (κ1) is 24.0. The van der Waals surface area contributed by atoms with Crippen molar-refractivity contribution in [3.05, 3.63) is 107 Å². The lowest BCUT2D eigenvalue weighted by Crippen LogP contribution is -2.41. The van der Waals surface area contributed by atoms with E-state index < -0.39 is 23.7 Å². The van der Waals surface area contributed by atoms with Crippen LogP contribution < -0.4 is 10.1 Å². The minimum atomic E-state index is -1.07. The average Bonchev–Trinajstić information content (AvgIpc) is 3.40. The Morgan fingerprint density at radius 3 is 2.57 bits per heavy atom. The molecule has 0 aliphatic carbocycles. The van der Waals surface area contributed by atoms with E-state index in [1.165, 1.54) is 59.1 Å². The lowest BCUT2D eigenvalue weighted by atomic mass is 10.0. The van der Waals surface area contributed by atoms with Crippen LogP contribution in [-0.2, 0) is 11.3 Å². The van der Waals surface area contributed by atoms with Gasteiger partial charge in [-0.3, -0.25) is 14.6 Å². The van der Waals surface area contributed by atoms with E-state index >= 15 is 0 Å². The number of carbonyl (C=O) groups excluding carboxylic acids is 2. The Morgan fingerprint density at radius 1 is 1.09 bits per heavy atom. The van der Waals surface area contributed by atoms with Gasteiger partial charge in [0, 0.05) is 28.5 Å². The molecule has 4 rings (SSSR count). The largest absolute Gasteiger partial charge is 0.494 e. The van der Waals surface area contributed by atoms with Gasteiger partial charge in [0.2, 0.25) is 0 Å². The van der Waals surface area contributed by atoms with Crippen LogP contribution in [0.2, 0.25) is 0 Å². The van der Waals surface area contributed by atoms with Crippen LogP contribution in [0.4, 0.5) is 10.1 Å². The fraction of sp³-hybridized carbons (Fsp3) is 0.154. The number of hydrogen-bond donors (Lipinski definition) is 1. The molecule has 0 spiro atoms. The molecule has 2 amide bonds. The highest BCUT2D eigenvalue weighted by molar-refractivity contribution is 7.09. The zero-order valence-electron chi connectivity index (χ0n) is 18.9. The van der Waals surface area contributed by atoms with Gasteiger partial charge in [0.25, 0.3) is 11.8 Å². The van der Waals surface area contributed by atoms with Crippen molar-refractivity contribution in [2.24, 2.45) is 0 Å². The number of thiophene rings is 1. The summed E-state index contributed by atoms with van der Waals surface area (Å²) in [4.78, 5) is 38.0. The van der Waals surface area contributed by atoms with Crippen molar-refractivity contribution in [1.82, 2.24) is 14.9 Å². The number of benzene rings is 2. The molecule has 9 heteroatoms. The summed E-state index contributed by atoms with van der Waals surface area (Å²) in [7, 11) is 0. The summed E-state index contributed by atoms with van der Waals surface area (Å²) in [6.45, 7) is 2.39. The summed E-state index contributed by atoms with van der Waals surface area (Å²) in [5.74, 6) is -0.870. The average molecular weight is 491 g/mol. The number of carbonyl (C=O) groups is 2. The number of nitrogens with one attached hydrogen (secondary N) is 1. The number of rotatable bonds is 9. The van der Waals surface area contributed by atoms with E-state index in [2.05, 4.69) is 15.3 Å². The highest BCUT2D eigenvalue weighted by Gasteiger charge is 2.35. The van der Waals surface area contributed by atoms with E-state index in [9.17, 15) is 14.0 Å². The molecule has 0 fully saturated rings. The van der Waals surface area contributed by atoms with Crippen molar-refractivity contribution in [3.63, 3.8) is 0 Å². The third kappa shape index (κ3) is 5.88. The van der Waals surface area contributed by atoms with Crippen LogP contribution in [-0.4, -0.2) is 33.3 Å². The van der Waals surface area contributed by atoms with E-state index in [1.54, 1.807) is 24.3 Å². The molecule has 0 aliphatic heterocycles. The van der Waals surface area contributed by atoms with Gasteiger partial charge in [-0.25, -0.2) is 9.37 Å². The first-order chi connectivity index (χ1) is 17.1. The molecule has 2 heterocycles. The van der Waals surface area contributed by atoms with E-state index in [0.717, 1.165) is 4.88 Å². The number of halogens is 1. The molecule has 1 atom stereocenters. The predicted octanol–water partition coefficient (Wildman–Crippen LogP) is 5.10. The van der Waals surface area contributed by atoms with Crippen LogP contribution >= 0.6 is 11.3 Å². The summed E-state index contributed by atoms with van der Waals surface area (Å²) in [6.07, 6.45) is 4.27. The molecule has 35 heavy (non-hydrogen) atoms. The maximum absolute atomic E-state index is 13.8. The number of nitrogens with zero attached hydrogens (tertiary/aromatic N) is 3. The Kier molecular flexibility index (Phi) is 7.79. The topological polar surface area (TPSA) is 84.4 Å². The lowest BCUT2D eigenvalue weighted by molar-refractivity contribution is -0.121. The summed E-state index contributed by atoms with van der Waals surface area (Å²) in [6, 6.07) is 15.2. The van der Waals surface area contributed by atoms with E-state index in [0.29, 0.717) is 23.6 Å². The predicted molar refractivity (Wildman–Crippen MR) is 132 cm³/mol. The normalized spacial score (nSPS) is 11.5. The highest BCUT2D eigenvalue weighted by Crippen LogP contribution is 2.33. The fourth-order valence-corrected chi connectivity index (χ4v) is 4.30. The van der Waals surface area contributed by atoms with Crippen LogP contribution in [0.5, 0.6) is 5.75 Å². The molecule has 2 aromatic carbocycles. The maximum Gasteiger partial charge on any atom is 0.275 e. The maximum atomic E-state index is 13.8. The van der Waals surface area contributed by atoms with E-state index in [4.69, 9.17) is 4.74 Å². The van der Waals surface area contributed by atoms with Crippen molar-refractivity contribution >= 4 is 28.8 Å². The summed E-state index contributed by atoms with van der Waals surface area (Å²) in [5, 5.41) is 4.72. The fourth-order valence-electron chi connectivity index (χ4n) is 3.60. The third-order valence-electron chi connectivity index (χ3n) is 5.13. The minimum absolute atomic E-state index is 0.109. The van der Waals surface area contributed by atoms with Crippen molar-refractivity contribution < 1.29 is 18.7 Å². The zero-order chi connectivity index (χ0) is 24.6. The first-order valence-corrected chi connectivity index (χ1v) is 11.8. The van der Waals surface area contributed by atoms with Crippen LogP contribution in [0.1, 0.15) is 33.9 Å². The SMILES string of the molecule is CCOc1ccccc1[C@H](C(=O)Nc1ccc(F)cc1)N(Cc1cccs1)C(=O)c1cnccn1. The molecule has 0 saturated carbocycles. The Labute approximate surface area is 206 Å². The molecular formula is C26H23FN4O3S. The Bertz CT molecular complexity index is 1270. The van der Waals surface area contributed by atoms with Gasteiger partial charge in [0.05, 0.1) is 19.3 Å². The summed E-state index contributed by atoms with van der Waals surface area (Å²) >= 11 is 1.47. The summed E-state index contributed by atoms with van der Waals surface area (Å²) < 4.78 is 19.2. The van der Waals surface area contributed by atoms with Gasteiger partial charge >= 0.3 is 0 Å². The molecule has 0 unspecified atom stereocenters. The van der Waals surface area contributed by atoms with Crippen molar-refractivity contribution in [2.75, 3.05) is 11.9 Å². The highest BCUT2D eigenvalue weighted by atomic mass is 32.1. The minimum Gasteiger partial charge on any atom is -0.494 e. The molecule has 7 nitrogen and oxygen atoms in total. The molecule has 178 valence electrons. The number of aromatic nitrogens is 2. The second-order valence-corrected chi connectivity index (χ2v) is 8.50. The van der Waals surface area contributed by atoms with Crippen LogP contribution in [0.15, 0.2) is 84.6 Å². The summed E-state index contributed by atoms with van der Waals surface area (Å²) in [5.41, 5.74) is 1.03. The monoisotopic (exact) mass is 490 g/mol. The molecule has 0 saturated heterocycles. The van der Waals surface area contributed by atoms with Crippen LogP contribution in [0.3, 0.4) is 0 Å². The van der Waals surface area contributed by atoms with Crippen molar-refractivity contribution in [3.8, 4) is 5.75 Å². The zero-order valence-corrected chi connectivity index (χ0v) is 19.7. The molecule has 4 aromatic rings. The van der Waals surface area contributed by atoms with Gasteiger partial charge in [-0.15, -0.1) is 11.3 Å². The van der Waals surface area contributed by atoms with Crippen LogP contribution in [0, 0.1) is 5.82 Å². The second kappa shape index (κ2) is 11.3. The first-order valence-electron chi connectivity index (χ1n) is 10.9. The van der Waals surface area contributed by atoms with E-state index in [-0.39, 0.29) is 12.2 Å². The quantitative estimate of drug-likeness (QED) is 0.353. The number of hydrogen-bond acceptors (Lipinski definition) is 6. The van der Waals surface area contributed by atoms with Gasteiger partial charge < -0.3 is 15.0 Å². The molecule has 1 N–H and O–H groups in total. The Hall–Kier alpha value is -4.11. The second-order valence-electron chi connectivity index (χ2n) is 7.47. The lowest BCUT2D eigenvalue weighted by Gasteiger charge is -2.31. The molecule has 2 aromatic heterocycles. The number of para-hydroxylation sites is 1. The van der Waals surface area contributed by atoms with Crippen molar-refractivity contribution in [1.29, 1.82) is 0 Å². The third-order valence-corrected chi connectivity index (χ3v) is 6.00. The molecule has 0 radical (unpaired) electrons. The van der Waals surface area contributed by atoms with Crippen molar-refractivity contribution in [2.45, 2.75) is 19.5 Å². The standard InChI is InChI=1S/C26H23FN4O3S/c1-2-34-23-8-4-3-7-21(23)24(25(32)30-19-11-9-18(27)10-12-19)31(17-20-6-5-15-35-20)26(33)22-16-28-13-14-29-22/h3-16,24H,2,17H2,1H3,(H,30,32)/t24-/m1/s1. The molecular weight excluding hydrogens is 467 g/mol. The van der Waals surface area contributed by atoms with Gasteiger partial charge in [-0.05, 0) is 48.7 Å². The van der Waals surface area contributed by atoms with Gasteiger partial charge in [-0.1, -0.05) is 24.3 Å². The number of ether oxygens (including phenoxy) is 1. The van der Waals surface area contributed by atoms with E-state index in [1.807, 2.05) is 24.4 Å². The van der Waals surface area contributed by atoms with Gasteiger partial charge in [0.1, 0.15) is 23.3 Å². The molecule has 0 aliphatic rings. The Morgan fingerprint density at radius 2 is 1.89 bits per heavy atom. The number of amides is 2.